The van der Waals surface area contributed by atoms with Gasteiger partial charge in [0.2, 0.25) is 0 Å². The third kappa shape index (κ3) is 8.01. The number of halogens is 2. The van der Waals surface area contributed by atoms with E-state index in [1.54, 1.807) is 41.3 Å². The molecule has 2 aromatic carbocycles. The predicted octanol–water partition coefficient (Wildman–Crippen LogP) is -0.991. The van der Waals surface area contributed by atoms with E-state index in [1.807, 2.05) is 4.90 Å². The van der Waals surface area contributed by atoms with Crippen LogP contribution < -0.4 is 43.2 Å². The zero-order valence-corrected chi connectivity index (χ0v) is 23.5. The van der Waals surface area contributed by atoms with E-state index >= 15 is 0 Å². The molecule has 2 unspecified atom stereocenters. The number of carbonyl (C=O) groups excluding carboxylic acids is 2. The number of benzene rings is 2. The van der Waals surface area contributed by atoms with Crippen LogP contribution in [0.15, 0.2) is 36.4 Å². The van der Waals surface area contributed by atoms with Crippen LogP contribution in [0.5, 0.6) is 11.5 Å². The molecule has 2 saturated heterocycles. The molecule has 0 aromatic heterocycles. The van der Waals surface area contributed by atoms with Gasteiger partial charge in [-0.3, -0.25) is 0 Å². The van der Waals surface area contributed by atoms with Crippen molar-refractivity contribution in [2.24, 2.45) is 0 Å². The number of hydrogen-bond acceptors (Lipinski definition) is 10. The molecule has 0 bridgehead atoms. The SMILES string of the molecule is COC(=O)C(OC)c1cc(OC)cc(N2CC(F)C2)c1.COc1cc(C(OC)C(=O)[O-])cc(N2CC(F)C2)c1.[Li+]. The second kappa shape index (κ2) is 15.1. The number of carbonyl (C=O) groups is 2. The van der Waals surface area contributed by atoms with Crippen LogP contribution in [0.2, 0.25) is 0 Å². The maximum Gasteiger partial charge on any atom is 1.00 e. The van der Waals surface area contributed by atoms with Crippen LogP contribution in [0, 0.1) is 0 Å². The molecule has 214 valence electrons. The number of anilines is 2. The van der Waals surface area contributed by atoms with Gasteiger partial charge in [0, 0.05) is 37.7 Å². The molecular weight excluding hydrogens is 525 g/mol. The number of rotatable bonds is 10. The van der Waals surface area contributed by atoms with Gasteiger partial charge in [-0.1, -0.05) is 0 Å². The summed E-state index contributed by atoms with van der Waals surface area (Å²) in [6, 6.07) is 10.3. The summed E-state index contributed by atoms with van der Waals surface area (Å²) in [6.07, 6.45) is -3.63. The standard InChI is InChI=1S/C14H18FNO4.C13H16FNO4.Li/c1-18-12-5-9(13(19-2)14(17)20-3)4-11(6-12)16-7-10(15)8-16;1-18-11-4-8(12(19-2)13(16)17)3-10(5-11)15-6-9(14)7-15;/h4-6,10,13H,7-8H2,1-3H3;3-5,9,12H,6-7H2,1-2H3,(H,16,17);/q;;+1/p-1. The first-order valence-corrected chi connectivity index (χ1v) is 12.1. The molecule has 0 aliphatic carbocycles. The summed E-state index contributed by atoms with van der Waals surface area (Å²) in [4.78, 5) is 26.4. The minimum atomic E-state index is -1.33. The summed E-state index contributed by atoms with van der Waals surface area (Å²) >= 11 is 0. The Bertz CT molecular complexity index is 1150. The molecule has 2 fully saturated rings. The zero-order valence-electron chi connectivity index (χ0n) is 23.5. The van der Waals surface area contributed by atoms with E-state index < -0.39 is 36.5 Å². The average molecular weight is 559 g/mol. The Morgan fingerprint density at radius 2 is 1.15 bits per heavy atom. The van der Waals surface area contributed by atoms with Gasteiger partial charge >= 0.3 is 24.8 Å². The van der Waals surface area contributed by atoms with Crippen LogP contribution in [-0.4, -0.2) is 86.0 Å². The van der Waals surface area contributed by atoms with Crippen LogP contribution in [0.1, 0.15) is 23.3 Å². The van der Waals surface area contributed by atoms with Gasteiger partial charge in [0.25, 0.3) is 0 Å². The second-order valence-corrected chi connectivity index (χ2v) is 9.01. The maximum absolute atomic E-state index is 13.0. The third-order valence-corrected chi connectivity index (χ3v) is 6.41. The van der Waals surface area contributed by atoms with E-state index in [1.165, 1.54) is 35.5 Å². The van der Waals surface area contributed by atoms with E-state index in [9.17, 15) is 23.5 Å². The Hall–Kier alpha value is -3.04. The predicted molar refractivity (Wildman–Crippen MR) is 137 cm³/mol. The number of aliphatic carboxylic acids is 1. The second-order valence-electron chi connectivity index (χ2n) is 9.01. The van der Waals surface area contributed by atoms with Crippen molar-refractivity contribution in [1.82, 2.24) is 0 Å². The average Bonchev–Trinajstić information content (AvgIpc) is 2.89. The van der Waals surface area contributed by atoms with Crippen LogP contribution in [0.25, 0.3) is 0 Å². The molecule has 0 N–H and O–H groups in total. The number of carboxylic acid groups (broad SMARTS) is 1. The monoisotopic (exact) mass is 558 g/mol. The van der Waals surface area contributed by atoms with E-state index in [2.05, 4.69) is 0 Å². The first-order valence-electron chi connectivity index (χ1n) is 12.1. The van der Waals surface area contributed by atoms with Gasteiger partial charge in [-0.05, 0) is 35.4 Å². The molecule has 13 heteroatoms. The topological polar surface area (TPSA) is 110 Å². The largest absolute Gasteiger partial charge is 1.00 e. The molecule has 2 aromatic rings. The third-order valence-electron chi connectivity index (χ3n) is 6.41. The molecule has 40 heavy (non-hydrogen) atoms. The van der Waals surface area contributed by atoms with Crippen molar-refractivity contribution in [2.45, 2.75) is 24.6 Å². The molecule has 0 radical (unpaired) electrons. The zero-order chi connectivity index (χ0) is 28.7. The molecule has 0 amide bonds. The molecule has 2 aliphatic heterocycles. The van der Waals surface area contributed by atoms with Crippen molar-refractivity contribution in [3.63, 3.8) is 0 Å². The van der Waals surface area contributed by atoms with Crippen LogP contribution in [0.3, 0.4) is 0 Å². The molecule has 10 nitrogen and oxygen atoms in total. The van der Waals surface area contributed by atoms with Crippen molar-refractivity contribution in [1.29, 1.82) is 0 Å². The van der Waals surface area contributed by atoms with Crippen LogP contribution >= 0.6 is 0 Å². The molecule has 0 spiro atoms. The van der Waals surface area contributed by atoms with Gasteiger partial charge in [-0.2, -0.15) is 0 Å². The van der Waals surface area contributed by atoms with E-state index in [0.29, 0.717) is 54.5 Å². The molecule has 2 aliphatic rings. The van der Waals surface area contributed by atoms with Gasteiger partial charge in [-0.15, -0.1) is 0 Å². The number of alkyl halides is 2. The van der Waals surface area contributed by atoms with Gasteiger partial charge in [0.15, 0.2) is 6.10 Å². The molecule has 2 atom stereocenters. The Kier molecular flexibility index (Phi) is 12.5. The Morgan fingerprint density at radius 1 is 0.750 bits per heavy atom. The number of esters is 1. The number of ether oxygens (including phenoxy) is 5. The van der Waals surface area contributed by atoms with E-state index in [-0.39, 0.29) is 18.9 Å². The molecule has 2 heterocycles. The molecule has 0 saturated carbocycles. The smallest absolute Gasteiger partial charge is 0.547 e. The number of carboxylic acids is 1. The molecule has 4 rings (SSSR count). The van der Waals surface area contributed by atoms with E-state index in [4.69, 9.17) is 23.7 Å². The summed E-state index contributed by atoms with van der Waals surface area (Å²) in [6.45, 7) is 1.30. The maximum atomic E-state index is 13.0. The summed E-state index contributed by atoms with van der Waals surface area (Å²) in [5.74, 6) is -0.726. The number of methoxy groups -OCH3 is 5. The fourth-order valence-corrected chi connectivity index (χ4v) is 4.23. The van der Waals surface area contributed by atoms with Crippen LogP contribution in [0.4, 0.5) is 20.2 Å². The first-order chi connectivity index (χ1) is 18.6. The first kappa shape index (κ1) is 33.2. The van der Waals surface area contributed by atoms with Crippen molar-refractivity contribution in [3.05, 3.63) is 47.5 Å². The summed E-state index contributed by atoms with van der Waals surface area (Å²) < 4.78 is 51.0. The normalized spacial score (nSPS) is 16.3. The number of nitrogens with zero attached hydrogens (tertiary/aromatic N) is 2. The summed E-state index contributed by atoms with van der Waals surface area (Å²) in [5, 5.41) is 11.0. The minimum Gasteiger partial charge on any atom is -0.547 e. The Morgan fingerprint density at radius 3 is 1.45 bits per heavy atom. The van der Waals surface area contributed by atoms with Gasteiger partial charge in [0.05, 0.1) is 53.5 Å². The van der Waals surface area contributed by atoms with Gasteiger partial charge in [-0.25, -0.2) is 13.6 Å². The van der Waals surface area contributed by atoms with Crippen LogP contribution in [-0.2, 0) is 23.8 Å². The van der Waals surface area contributed by atoms with Crippen molar-refractivity contribution in [3.8, 4) is 11.5 Å². The van der Waals surface area contributed by atoms with E-state index in [0.717, 1.165) is 5.69 Å². The van der Waals surface area contributed by atoms with Gasteiger partial charge in [0.1, 0.15) is 29.9 Å². The fourth-order valence-electron chi connectivity index (χ4n) is 4.23. The van der Waals surface area contributed by atoms with Crippen molar-refractivity contribution >= 4 is 23.3 Å². The number of hydrogen-bond donors (Lipinski definition) is 0. The summed E-state index contributed by atoms with van der Waals surface area (Å²) in [5.41, 5.74) is 2.56. The Balaban J connectivity index is 0.000000274. The van der Waals surface area contributed by atoms with Crippen molar-refractivity contribution in [2.75, 3.05) is 71.5 Å². The Labute approximate surface area is 244 Å². The fraction of sp³-hybridized carbons (Fsp3) is 0.481. The summed E-state index contributed by atoms with van der Waals surface area (Å²) in [7, 11) is 7.05. The van der Waals surface area contributed by atoms with Gasteiger partial charge < -0.3 is 43.4 Å². The molecular formula is C27H33F2LiN2O8. The quantitative estimate of drug-likeness (QED) is 0.266. The minimum absolute atomic E-state index is 0. The van der Waals surface area contributed by atoms with Crippen molar-refractivity contribution < 1.29 is 66.0 Å².